The highest BCUT2D eigenvalue weighted by molar-refractivity contribution is 5.95. The maximum atomic E-state index is 12.5. The molecule has 0 fully saturated rings. The van der Waals surface area contributed by atoms with Gasteiger partial charge in [0, 0.05) is 30.0 Å². The first-order valence-electron chi connectivity index (χ1n) is 9.68. The Hall–Kier alpha value is -3.49. The second-order valence-corrected chi connectivity index (χ2v) is 7.21. The standard InChI is InChI=1S/C20H23N7O2/c1-13-9-16(24-23-13)11-19(28)21-14-5-4-6-15(10-14)22-20(29)12-18-26-25-17-7-2-3-8-27(17)18/h4-6,9-10H,2-3,7-8,11-12H2,1H3,(H,21,28)(H,22,29)(H,23,24). The van der Waals surface area contributed by atoms with Crippen LogP contribution >= 0.6 is 0 Å². The first-order valence-corrected chi connectivity index (χ1v) is 9.68. The summed E-state index contributed by atoms with van der Waals surface area (Å²) in [4.78, 5) is 24.7. The number of H-pyrrole nitrogens is 1. The van der Waals surface area contributed by atoms with Crippen LogP contribution in [0.25, 0.3) is 0 Å². The molecule has 29 heavy (non-hydrogen) atoms. The largest absolute Gasteiger partial charge is 0.326 e. The summed E-state index contributed by atoms with van der Waals surface area (Å²) in [6.45, 7) is 2.75. The molecule has 1 aliphatic rings. The number of nitrogens with zero attached hydrogens (tertiary/aromatic N) is 4. The lowest BCUT2D eigenvalue weighted by Gasteiger charge is -2.14. The maximum Gasteiger partial charge on any atom is 0.232 e. The van der Waals surface area contributed by atoms with Crippen LogP contribution in [0.2, 0.25) is 0 Å². The number of benzene rings is 1. The van der Waals surface area contributed by atoms with Crippen molar-refractivity contribution in [3.63, 3.8) is 0 Å². The van der Waals surface area contributed by atoms with Crippen molar-refractivity contribution >= 4 is 23.2 Å². The summed E-state index contributed by atoms with van der Waals surface area (Å²) < 4.78 is 2.04. The van der Waals surface area contributed by atoms with Crippen molar-refractivity contribution in [3.05, 3.63) is 53.4 Å². The van der Waals surface area contributed by atoms with Crippen LogP contribution in [0.3, 0.4) is 0 Å². The third-order valence-electron chi connectivity index (χ3n) is 4.79. The van der Waals surface area contributed by atoms with Crippen molar-refractivity contribution in [1.29, 1.82) is 0 Å². The van der Waals surface area contributed by atoms with Gasteiger partial charge in [0.25, 0.3) is 0 Å². The average Bonchev–Trinajstić information content (AvgIpc) is 3.28. The molecule has 2 aromatic heterocycles. The topological polar surface area (TPSA) is 118 Å². The molecule has 9 heteroatoms. The van der Waals surface area contributed by atoms with E-state index in [-0.39, 0.29) is 24.7 Å². The SMILES string of the molecule is Cc1cc(CC(=O)Nc2cccc(NC(=O)Cc3nnc4n3CCCC4)c2)n[nH]1. The van der Waals surface area contributed by atoms with E-state index in [1.807, 2.05) is 17.6 Å². The summed E-state index contributed by atoms with van der Waals surface area (Å²) in [6.07, 6.45) is 3.46. The average molecular weight is 393 g/mol. The molecule has 4 rings (SSSR count). The number of anilines is 2. The van der Waals surface area contributed by atoms with Crippen LogP contribution in [0.4, 0.5) is 11.4 Å². The summed E-state index contributed by atoms with van der Waals surface area (Å²) in [7, 11) is 0. The van der Waals surface area contributed by atoms with E-state index in [9.17, 15) is 9.59 Å². The van der Waals surface area contributed by atoms with Gasteiger partial charge in [0.2, 0.25) is 11.8 Å². The van der Waals surface area contributed by atoms with Crippen molar-refractivity contribution in [2.45, 2.75) is 45.6 Å². The second kappa shape index (κ2) is 8.26. The number of amides is 2. The van der Waals surface area contributed by atoms with E-state index in [2.05, 4.69) is 31.0 Å². The van der Waals surface area contributed by atoms with Crippen molar-refractivity contribution in [1.82, 2.24) is 25.0 Å². The predicted molar refractivity (Wildman–Crippen MR) is 107 cm³/mol. The van der Waals surface area contributed by atoms with Gasteiger partial charge in [-0.2, -0.15) is 5.10 Å². The monoisotopic (exact) mass is 393 g/mol. The van der Waals surface area contributed by atoms with Crippen LogP contribution < -0.4 is 10.6 Å². The Bertz CT molecular complexity index is 1040. The van der Waals surface area contributed by atoms with Gasteiger partial charge in [0.15, 0.2) is 0 Å². The van der Waals surface area contributed by atoms with Crippen molar-refractivity contribution in [3.8, 4) is 0 Å². The summed E-state index contributed by atoms with van der Waals surface area (Å²) >= 11 is 0. The van der Waals surface area contributed by atoms with Crippen molar-refractivity contribution in [2.75, 3.05) is 10.6 Å². The Balaban J connectivity index is 1.35. The molecule has 1 aliphatic heterocycles. The minimum atomic E-state index is -0.171. The first kappa shape index (κ1) is 18.9. The number of nitrogens with one attached hydrogen (secondary N) is 3. The molecule has 0 aliphatic carbocycles. The number of hydrogen-bond donors (Lipinski definition) is 3. The van der Waals surface area contributed by atoms with E-state index < -0.39 is 0 Å². The van der Waals surface area contributed by atoms with Crippen molar-refractivity contribution < 1.29 is 9.59 Å². The zero-order valence-corrected chi connectivity index (χ0v) is 16.2. The second-order valence-electron chi connectivity index (χ2n) is 7.21. The molecule has 3 heterocycles. The van der Waals surface area contributed by atoms with E-state index in [0.29, 0.717) is 22.9 Å². The molecule has 0 spiro atoms. The van der Waals surface area contributed by atoms with Crippen LogP contribution in [0.15, 0.2) is 30.3 Å². The normalized spacial score (nSPS) is 13.0. The smallest absolute Gasteiger partial charge is 0.232 e. The predicted octanol–water partition coefficient (Wildman–Crippen LogP) is 2.01. The molecule has 3 N–H and O–H groups in total. The summed E-state index contributed by atoms with van der Waals surface area (Å²) in [6, 6.07) is 8.90. The van der Waals surface area contributed by atoms with Crippen LogP contribution in [0.5, 0.6) is 0 Å². The Labute approximate surface area is 167 Å². The van der Waals surface area contributed by atoms with Crippen LogP contribution in [-0.2, 0) is 35.4 Å². The molecule has 0 saturated carbocycles. The Morgan fingerprint density at radius 2 is 1.83 bits per heavy atom. The first-order chi connectivity index (χ1) is 14.1. The maximum absolute atomic E-state index is 12.5. The highest BCUT2D eigenvalue weighted by Gasteiger charge is 2.18. The molecule has 150 valence electrons. The van der Waals surface area contributed by atoms with Gasteiger partial charge in [0.1, 0.15) is 11.6 Å². The van der Waals surface area contributed by atoms with Gasteiger partial charge >= 0.3 is 0 Å². The Kier molecular flexibility index (Phi) is 5.37. The van der Waals surface area contributed by atoms with E-state index in [0.717, 1.165) is 37.3 Å². The molecule has 0 unspecified atom stereocenters. The number of carbonyl (C=O) groups excluding carboxylic acids is 2. The van der Waals surface area contributed by atoms with Gasteiger partial charge in [-0.25, -0.2) is 0 Å². The number of fused-ring (bicyclic) bond motifs is 1. The Morgan fingerprint density at radius 1 is 1.07 bits per heavy atom. The van der Waals surface area contributed by atoms with E-state index >= 15 is 0 Å². The molecule has 0 saturated heterocycles. The van der Waals surface area contributed by atoms with Crippen LogP contribution in [0.1, 0.15) is 35.9 Å². The summed E-state index contributed by atoms with van der Waals surface area (Å²) in [5.41, 5.74) is 2.81. The number of aryl methyl sites for hydroxylation is 2. The lowest BCUT2D eigenvalue weighted by Crippen LogP contribution is -2.20. The lowest BCUT2D eigenvalue weighted by molar-refractivity contribution is -0.116. The minimum Gasteiger partial charge on any atom is -0.326 e. The fourth-order valence-electron chi connectivity index (χ4n) is 3.46. The highest BCUT2D eigenvalue weighted by Crippen LogP contribution is 2.17. The minimum absolute atomic E-state index is 0.166. The zero-order valence-electron chi connectivity index (χ0n) is 16.2. The number of hydrogen-bond acceptors (Lipinski definition) is 5. The molecular formula is C20H23N7O2. The number of aromatic amines is 1. The van der Waals surface area contributed by atoms with Gasteiger partial charge < -0.3 is 15.2 Å². The van der Waals surface area contributed by atoms with E-state index in [1.165, 1.54) is 0 Å². The van der Waals surface area contributed by atoms with Gasteiger partial charge in [-0.3, -0.25) is 14.7 Å². The molecule has 2 amide bonds. The zero-order chi connectivity index (χ0) is 20.2. The van der Waals surface area contributed by atoms with Gasteiger partial charge in [-0.15, -0.1) is 10.2 Å². The Morgan fingerprint density at radius 3 is 2.55 bits per heavy atom. The fourth-order valence-corrected chi connectivity index (χ4v) is 3.46. The molecular weight excluding hydrogens is 370 g/mol. The number of rotatable bonds is 6. The fraction of sp³-hybridized carbons (Fsp3) is 0.350. The number of aromatic nitrogens is 5. The molecule has 0 bridgehead atoms. The molecule has 0 radical (unpaired) electrons. The molecule has 9 nitrogen and oxygen atoms in total. The highest BCUT2D eigenvalue weighted by atomic mass is 16.2. The van der Waals surface area contributed by atoms with Gasteiger partial charge in [0.05, 0.1) is 18.5 Å². The molecule has 1 aromatic carbocycles. The summed E-state index contributed by atoms with van der Waals surface area (Å²) in [5.74, 6) is 1.31. The summed E-state index contributed by atoms with van der Waals surface area (Å²) in [5, 5.41) is 20.9. The van der Waals surface area contributed by atoms with Gasteiger partial charge in [-0.05, 0) is 44.0 Å². The third kappa shape index (κ3) is 4.68. The molecule has 0 atom stereocenters. The quantitative estimate of drug-likeness (QED) is 0.592. The van der Waals surface area contributed by atoms with Crippen LogP contribution in [0, 0.1) is 6.92 Å². The van der Waals surface area contributed by atoms with Gasteiger partial charge in [-0.1, -0.05) is 6.07 Å². The van der Waals surface area contributed by atoms with E-state index in [4.69, 9.17) is 0 Å². The lowest BCUT2D eigenvalue weighted by atomic mass is 10.1. The van der Waals surface area contributed by atoms with E-state index in [1.54, 1.807) is 24.3 Å². The molecule has 3 aromatic rings. The van der Waals surface area contributed by atoms with Crippen LogP contribution in [-0.4, -0.2) is 36.8 Å². The van der Waals surface area contributed by atoms with Crippen molar-refractivity contribution in [2.24, 2.45) is 0 Å². The third-order valence-corrected chi connectivity index (χ3v) is 4.79. The number of carbonyl (C=O) groups is 2.